The third-order valence-electron chi connectivity index (χ3n) is 10.6. The zero-order valence-electron chi connectivity index (χ0n) is 32.7. The molecule has 2 aliphatic rings. The number of nitrogens with zero attached hydrogens (tertiary/aromatic N) is 2. The van der Waals surface area contributed by atoms with Crippen molar-refractivity contribution in [2.45, 2.75) is 90.8 Å². The third kappa shape index (κ3) is 8.16. The average Bonchev–Trinajstić information content (AvgIpc) is 3.56. The second kappa shape index (κ2) is 16.9. The predicted molar refractivity (Wildman–Crippen MR) is 211 cm³/mol. The van der Waals surface area contributed by atoms with Crippen molar-refractivity contribution in [1.82, 2.24) is 20.2 Å². The van der Waals surface area contributed by atoms with Crippen molar-refractivity contribution in [3.8, 4) is 17.1 Å². The van der Waals surface area contributed by atoms with Crippen molar-refractivity contribution in [2.75, 3.05) is 11.9 Å². The maximum Gasteiger partial charge on any atom is 0.510 e. The molecule has 17 heteroatoms. The number of pyridine rings is 2. The number of aromatic nitrogens is 2. The monoisotopic (exact) mass is 797 g/mol. The van der Waals surface area contributed by atoms with Crippen molar-refractivity contribution in [1.29, 1.82) is 0 Å². The van der Waals surface area contributed by atoms with Gasteiger partial charge in [0.05, 0.1) is 35.1 Å². The van der Waals surface area contributed by atoms with Gasteiger partial charge >= 0.3 is 18.2 Å². The highest BCUT2D eigenvalue weighted by Gasteiger charge is 2.51. The number of esters is 1. The van der Waals surface area contributed by atoms with Gasteiger partial charge in [-0.3, -0.25) is 14.4 Å². The highest BCUT2D eigenvalue weighted by atomic mass is 16.7. The van der Waals surface area contributed by atoms with Crippen molar-refractivity contribution >= 4 is 46.6 Å². The quantitative estimate of drug-likeness (QED) is 0.0697. The number of anilines is 1. The van der Waals surface area contributed by atoms with Crippen LogP contribution in [0.2, 0.25) is 0 Å². The standard InChI is InChI=1S/C41H47N7O10/c1-5-25-26-16-24(49)13-14-30(26)46-34-27(25)18-48-32(34)17-29-28(37(48)52)20-56-38(53)41(29,6-2)58-40(55)57-19-22-9-11-23(12-10-22)45-35(50)31(8-7-15-44-39(43)54)47-36(51)33(42)21(3)4/h9-14,16-17,21,31,33,49H,5-8,15,18-20,42H2,1-4H3,(H,45,50)(H,47,51)(H3,43,44,54)/t31-,33?,41-/m0/s1. The Bertz CT molecular complexity index is 2340. The number of benzene rings is 2. The van der Waals surface area contributed by atoms with Crippen LogP contribution in [-0.2, 0) is 60.4 Å². The lowest BCUT2D eigenvalue weighted by atomic mass is 9.85. The van der Waals surface area contributed by atoms with Gasteiger partial charge < -0.3 is 51.3 Å². The van der Waals surface area contributed by atoms with Crippen molar-refractivity contribution in [3.63, 3.8) is 0 Å². The number of phenolic OH excluding ortho intramolecular Hbond substituents is 1. The van der Waals surface area contributed by atoms with E-state index in [1.165, 1.54) is 0 Å². The van der Waals surface area contributed by atoms with Crippen LogP contribution in [0.5, 0.6) is 5.75 Å². The summed E-state index contributed by atoms with van der Waals surface area (Å²) in [7, 11) is 0. The van der Waals surface area contributed by atoms with Gasteiger partial charge in [-0.2, -0.15) is 0 Å². The zero-order valence-corrected chi connectivity index (χ0v) is 32.7. The number of ether oxygens (including phenoxy) is 3. The van der Waals surface area contributed by atoms with Gasteiger partial charge in [-0.15, -0.1) is 0 Å². The lowest BCUT2D eigenvalue weighted by molar-refractivity contribution is -0.175. The number of rotatable bonds is 14. The normalized spacial score (nSPS) is 16.3. The molecule has 58 heavy (non-hydrogen) atoms. The van der Waals surface area contributed by atoms with Crippen molar-refractivity contribution in [3.05, 3.63) is 86.7 Å². The van der Waals surface area contributed by atoms with Crippen LogP contribution in [0.15, 0.2) is 53.3 Å². The highest BCUT2D eigenvalue weighted by Crippen LogP contribution is 2.42. The molecule has 0 saturated carbocycles. The van der Waals surface area contributed by atoms with Gasteiger partial charge in [-0.05, 0) is 79.1 Å². The smallest absolute Gasteiger partial charge is 0.508 e. The fraction of sp³-hybridized carbons (Fsp3) is 0.390. The number of aryl methyl sites for hydroxylation is 1. The Kier molecular flexibility index (Phi) is 12.0. The molecule has 0 bridgehead atoms. The van der Waals surface area contributed by atoms with E-state index >= 15 is 0 Å². The molecule has 4 heterocycles. The molecule has 3 atom stereocenters. The number of hydrogen-bond donors (Lipinski definition) is 6. The zero-order chi connectivity index (χ0) is 41.9. The number of phenols is 1. The highest BCUT2D eigenvalue weighted by molar-refractivity contribution is 5.98. The first-order valence-corrected chi connectivity index (χ1v) is 19.1. The van der Waals surface area contributed by atoms with Crippen LogP contribution in [0.25, 0.3) is 22.3 Å². The molecule has 0 spiro atoms. The van der Waals surface area contributed by atoms with E-state index < -0.39 is 53.2 Å². The first kappa shape index (κ1) is 41.2. The molecule has 0 aliphatic carbocycles. The number of fused-ring (bicyclic) bond motifs is 5. The fourth-order valence-electron chi connectivity index (χ4n) is 7.30. The molecule has 6 rings (SSSR count). The van der Waals surface area contributed by atoms with Crippen molar-refractivity contribution in [2.24, 2.45) is 17.4 Å². The number of hydrogen-bond acceptors (Lipinski definition) is 12. The van der Waals surface area contributed by atoms with Gasteiger partial charge in [0, 0.05) is 28.7 Å². The Morgan fingerprint density at radius 3 is 2.45 bits per heavy atom. The topological polar surface area (TPSA) is 256 Å². The molecule has 2 aliphatic heterocycles. The molecule has 0 radical (unpaired) electrons. The molecule has 2 aromatic heterocycles. The molecule has 2 aromatic carbocycles. The summed E-state index contributed by atoms with van der Waals surface area (Å²) in [4.78, 5) is 82.6. The second-order valence-corrected chi connectivity index (χ2v) is 14.6. The largest absolute Gasteiger partial charge is 0.510 e. The van der Waals surface area contributed by atoms with Gasteiger partial charge in [0.2, 0.25) is 17.4 Å². The summed E-state index contributed by atoms with van der Waals surface area (Å²) in [6.45, 7) is 7.06. The minimum absolute atomic E-state index is 0.0603. The summed E-state index contributed by atoms with van der Waals surface area (Å²) < 4.78 is 18.2. The lowest BCUT2D eigenvalue weighted by Gasteiger charge is -2.35. The van der Waals surface area contributed by atoms with E-state index in [0.717, 1.165) is 16.5 Å². The number of aromatic hydroxyl groups is 1. The number of carbonyl (C=O) groups is 5. The summed E-state index contributed by atoms with van der Waals surface area (Å²) in [6.07, 6.45) is -0.0748. The van der Waals surface area contributed by atoms with Crippen LogP contribution in [0.3, 0.4) is 0 Å². The number of amides is 4. The predicted octanol–water partition coefficient (Wildman–Crippen LogP) is 3.56. The molecule has 306 valence electrons. The first-order chi connectivity index (χ1) is 27.7. The summed E-state index contributed by atoms with van der Waals surface area (Å²) in [6, 6.07) is 10.4. The van der Waals surface area contributed by atoms with E-state index in [0.29, 0.717) is 41.0 Å². The third-order valence-corrected chi connectivity index (χ3v) is 10.6. The Hall–Kier alpha value is -6.49. The average molecular weight is 798 g/mol. The molecular weight excluding hydrogens is 750 g/mol. The SMILES string of the molecule is CCc1c2c(nc3ccc(O)cc13)-c1cc3c(c(=O)n1C2)COC(=O)[C@@]3(CC)OC(=O)OCc1ccc(NC(=O)[C@H](CCCNC(N)=O)NC(=O)C(N)C(C)C)cc1. The Balaban J connectivity index is 1.16. The summed E-state index contributed by atoms with van der Waals surface area (Å²) >= 11 is 0. The number of urea groups is 1. The van der Waals surface area contributed by atoms with E-state index in [1.807, 2.05) is 6.92 Å². The van der Waals surface area contributed by atoms with Gasteiger partial charge in [-0.1, -0.05) is 39.8 Å². The van der Waals surface area contributed by atoms with Crippen LogP contribution in [0.4, 0.5) is 15.3 Å². The van der Waals surface area contributed by atoms with Gasteiger partial charge in [0.15, 0.2) is 0 Å². The maximum atomic E-state index is 14.0. The van der Waals surface area contributed by atoms with Crippen LogP contribution in [0, 0.1) is 5.92 Å². The summed E-state index contributed by atoms with van der Waals surface area (Å²) in [5.74, 6) is -1.91. The van der Waals surface area contributed by atoms with E-state index in [9.17, 15) is 33.9 Å². The van der Waals surface area contributed by atoms with Gasteiger partial charge in [0.25, 0.3) is 5.56 Å². The number of primary amides is 1. The molecule has 8 N–H and O–H groups in total. The molecule has 0 fully saturated rings. The Labute approximate surface area is 333 Å². The van der Waals surface area contributed by atoms with Gasteiger partial charge in [0.1, 0.15) is 25.0 Å². The van der Waals surface area contributed by atoms with Crippen LogP contribution < -0.4 is 33.0 Å². The van der Waals surface area contributed by atoms with Crippen molar-refractivity contribution < 1.29 is 43.3 Å². The maximum absolute atomic E-state index is 14.0. The van der Waals surface area contributed by atoms with Crippen LogP contribution in [0.1, 0.15) is 74.8 Å². The van der Waals surface area contributed by atoms with Gasteiger partial charge in [-0.25, -0.2) is 19.4 Å². The van der Waals surface area contributed by atoms with E-state index in [-0.39, 0.29) is 61.9 Å². The molecule has 1 unspecified atom stereocenters. The van der Waals surface area contributed by atoms with E-state index in [2.05, 4.69) is 16.0 Å². The van der Waals surface area contributed by atoms with E-state index in [1.54, 1.807) is 73.9 Å². The molecule has 17 nitrogen and oxygen atoms in total. The van der Waals surface area contributed by atoms with Crippen LogP contribution in [-0.4, -0.2) is 63.3 Å². The number of nitrogens with two attached hydrogens (primary N) is 2. The molecule has 4 aromatic rings. The summed E-state index contributed by atoms with van der Waals surface area (Å²) in [5, 5.41) is 18.8. The fourth-order valence-corrected chi connectivity index (χ4v) is 7.30. The number of nitrogens with one attached hydrogen (secondary N) is 3. The van der Waals surface area contributed by atoms with E-state index in [4.69, 9.17) is 30.7 Å². The molecule has 0 saturated heterocycles. The second-order valence-electron chi connectivity index (χ2n) is 14.6. The van der Waals surface area contributed by atoms with Crippen LogP contribution >= 0.6 is 0 Å². The Morgan fingerprint density at radius 1 is 1.03 bits per heavy atom. The molecular formula is C41H47N7O10. The molecule has 4 amide bonds. The minimum atomic E-state index is -1.98. The minimum Gasteiger partial charge on any atom is -0.508 e. The number of carbonyl (C=O) groups excluding carboxylic acids is 5. The lowest BCUT2D eigenvalue weighted by Crippen LogP contribution is -2.51. The summed E-state index contributed by atoms with van der Waals surface area (Å²) in [5.41, 5.74) is 13.4. The number of cyclic esters (lactones) is 1. The Morgan fingerprint density at radius 2 is 1.78 bits per heavy atom. The first-order valence-electron chi connectivity index (χ1n) is 19.1.